The number of nitrogens with one attached hydrogen (secondary N) is 2. The Bertz CT molecular complexity index is 426. The molecular formula is C13H19ClN2O3. The maximum atomic E-state index is 11.7. The van der Waals surface area contributed by atoms with E-state index >= 15 is 0 Å². The molecule has 19 heavy (non-hydrogen) atoms. The van der Waals surface area contributed by atoms with Crippen molar-refractivity contribution in [3.63, 3.8) is 0 Å². The Balaban J connectivity index is 2.52. The fourth-order valence-corrected chi connectivity index (χ4v) is 1.69. The quantitative estimate of drug-likeness (QED) is 0.845. The van der Waals surface area contributed by atoms with Gasteiger partial charge in [-0.15, -0.1) is 0 Å². The molecule has 0 saturated heterocycles. The van der Waals surface area contributed by atoms with Gasteiger partial charge in [0.05, 0.1) is 17.8 Å². The van der Waals surface area contributed by atoms with E-state index in [4.69, 9.17) is 21.1 Å². The highest BCUT2D eigenvalue weighted by atomic mass is 35.5. The number of rotatable bonds is 6. The number of methoxy groups -OCH3 is 2. The van der Waals surface area contributed by atoms with Crippen LogP contribution in [0.15, 0.2) is 18.2 Å². The molecule has 0 spiro atoms. The highest BCUT2D eigenvalue weighted by Crippen LogP contribution is 2.26. The molecule has 106 valence electrons. The number of carbonyl (C=O) groups excluding carboxylic acids is 1. The van der Waals surface area contributed by atoms with E-state index in [9.17, 15) is 4.79 Å². The summed E-state index contributed by atoms with van der Waals surface area (Å²) in [6.45, 7) is 2.51. The van der Waals surface area contributed by atoms with Crippen molar-refractivity contribution in [1.82, 2.24) is 5.32 Å². The van der Waals surface area contributed by atoms with Crippen LogP contribution in [0.2, 0.25) is 5.02 Å². The van der Waals surface area contributed by atoms with E-state index in [1.165, 1.54) is 0 Å². The Morgan fingerprint density at radius 3 is 2.74 bits per heavy atom. The maximum Gasteiger partial charge on any atom is 0.319 e. The summed E-state index contributed by atoms with van der Waals surface area (Å²) >= 11 is 6.03. The number of amides is 2. The summed E-state index contributed by atoms with van der Waals surface area (Å²) < 4.78 is 9.99. The lowest BCUT2D eigenvalue weighted by Gasteiger charge is -2.15. The van der Waals surface area contributed by atoms with Crippen molar-refractivity contribution in [2.45, 2.75) is 19.4 Å². The van der Waals surface area contributed by atoms with E-state index in [0.717, 1.165) is 6.42 Å². The molecule has 0 fully saturated rings. The molecule has 1 rings (SSSR count). The van der Waals surface area contributed by atoms with Crippen molar-refractivity contribution in [2.75, 3.05) is 26.1 Å². The monoisotopic (exact) mass is 286 g/mol. The fraction of sp³-hybridized carbons (Fsp3) is 0.462. The van der Waals surface area contributed by atoms with Crippen LogP contribution in [0.1, 0.15) is 13.3 Å². The minimum absolute atomic E-state index is 0.0250. The SMILES string of the molecule is COCC[C@H](C)NC(=O)Nc1ccc(OC)cc1Cl. The summed E-state index contributed by atoms with van der Waals surface area (Å²) in [6, 6.07) is 4.80. The molecule has 2 N–H and O–H groups in total. The highest BCUT2D eigenvalue weighted by Gasteiger charge is 2.09. The summed E-state index contributed by atoms with van der Waals surface area (Å²) in [5, 5.41) is 5.92. The van der Waals surface area contributed by atoms with Gasteiger partial charge in [0.15, 0.2) is 0 Å². The van der Waals surface area contributed by atoms with Gasteiger partial charge >= 0.3 is 6.03 Å². The third-order valence-electron chi connectivity index (χ3n) is 2.56. The molecule has 0 heterocycles. The van der Waals surface area contributed by atoms with Gasteiger partial charge in [-0.25, -0.2) is 4.79 Å². The predicted molar refractivity (Wildman–Crippen MR) is 76.1 cm³/mol. The van der Waals surface area contributed by atoms with Crippen molar-refractivity contribution in [3.8, 4) is 5.75 Å². The smallest absolute Gasteiger partial charge is 0.319 e. The second kappa shape index (κ2) is 7.86. The molecule has 0 aromatic heterocycles. The number of anilines is 1. The van der Waals surface area contributed by atoms with Crippen molar-refractivity contribution in [1.29, 1.82) is 0 Å². The van der Waals surface area contributed by atoms with Gasteiger partial charge in [0.25, 0.3) is 0 Å². The summed E-state index contributed by atoms with van der Waals surface area (Å²) in [7, 11) is 3.19. The van der Waals surface area contributed by atoms with Gasteiger partial charge in [-0.1, -0.05) is 11.6 Å². The normalized spacial score (nSPS) is 11.8. The third kappa shape index (κ3) is 5.36. The minimum atomic E-state index is -0.296. The van der Waals surface area contributed by atoms with Gasteiger partial charge in [0.2, 0.25) is 0 Å². The van der Waals surface area contributed by atoms with Gasteiger partial charge in [-0.3, -0.25) is 0 Å². The average molecular weight is 287 g/mol. The Morgan fingerprint density at radius 1 is 1.42 bits per heavy atom. The van der Waals surface area contributed by atoms with Crippen molar-refractivity contribution in [3.05, 3.63) is 23.2 Å². The summed E-state index contributed by atoms with van der Waals surface area (Å²) in [5.74, 6) is 0.643. The van der Waals surface area contributed by atoms with Gasteiger partial charge in [-0.2, -0.15) is 0 Å². The molecule has 0 unspecified atom stereocenters. The zero-order valence-corrected chi connectivity index (χ0v) is 12.1. The molecule has 1 atom stereocenters. The molecule has 0 bridgehead atoms. The van der Waals surface area contributed by atoms with E-state index in [1.807, 2.05) is 6.92 Å². The first-order valence-corrected chi connectivity index (χ1v) is 6.34. The molecule has 2 amide bonds. The molecule has 1 aromatic rings. The van der Waals surface area contributed by atoms with Crippen LogP contribution in [0.4, 0.5) is 10.5 Å². The van der Waals surface area contributed by atoms with Crippen LogP contribution in [0.25, 0.3) is 0 Å². The topological polar surface area (TPSA) is 59.6 Å². The third-order valence-corrected chi connectivity index (χ3v) is 2.87. The van der Waals surface area contributed by atoms with Crippen LogP contribution >= 0.6 is 11.6 Å². The minimum Gasteiger partial charge on any atom is -0.497 e. The lowest BCUT2D eigenvalue weighted by molar-refractivity contribution is 0.185. The van der Waals surface area contributed by atoms with E-state index in [0.29, 0.717) is 23.1 Å². The van der Waals surface area contributed by atoms with Crippen molar-refractivity contribution < 1.29 is 14.3 Å². The van der Waals surface area contributed by atoms with Crippen LogP contribution in [-0.2, 0) is 4.74 Å². The number of ether oxygens (including phenoxy) is 2. The van der Waals surface area contributed by atoms with Gasteiger partial charge in [0.1, 0.15) is 5.75 Å². The van der Waals surface area contributed by atoms with Gasteiger partial charge < -0.3 is 20.1 Å². The van der Waals surface area contributed by atoms with E-state index in [1.54, 1.807) is 32.4 Å². The fourth-order valence-electron chi connectivity index (χ4n) is 1.47. The Kier molecular flexibility index (Phi) is 6.45. The second-order valence-electron chi connectivity index (χ2n) is 4.13. The van der Waals surface area contributed by atoms with Crippen LogP contribution in [-0.4, -0.2) is 32.9 Å². The second-order valence-corrected chi connectivity index (χ2v) is 4.53. The Hall–Kier alpha value is -1.46. The first-order chi connectivity index (χ1) is 9.06. The van der Waals surface area contributed by atoms with Crippen LogP contribution in [0.3, 0.4) is 0 Å². The lowest BCUT2D eigenvalue weighted by Crippen LogP contribution is -2.36. The molecule has 6 heteroatoms. The number of carbonyl (C=O) groups is 1. The maximum absolute atomic E-state index is 11.7. The Labute approximate surface area is 118 Å². The zero-order chi connectivity index (χ0) is 14.3. The average Bonchev–Trinajstić information content (AvgIpc) is 2.38. The molecule has 0 aliphatic rings. The summed E-state index contributed by atoms with van der Waals surface area (Å²) in [4.78, 5) is 11.7. The highest BCUT2D eigenvalue weighted by molar-refractivity contribution is 6.33. The van der Waals surface area contributed by atoms with Crippen molar-refractivity contribution in [2.24, 2.45) is 0 Å². The molecule has 0 radical (unpaired) electrons. The summed E-state index contributed by atoms with van der Waals surface area (Å²) in [6.07, 6.45) is 0.750. The first-order valence-electron chi connectivity index (χ1n) is 5.96. The Morgan fingerprint density at radius 2 is 2.16 bits per heavy atom. The molecule has 5 nitrogen and oxygen atoms in total. The number of hydrogen-bond donors (Lipinski definition) is 2. The number of benzene rings is 1. The molecule has 0 aliphatic heterocycles. The van der Waals surface area contributed by atoms with Crippen LogP contribution in [0, 0.1) is 0 Å². The number of urea groups is 1. The van der Waals surface area contributed by atoms with E-state index in [-0.39, 0.29) is 12.1 Å². The lowest BCUT2D eigenvalue weighted by atomic mass is 10.2. The number of halogens is 1. The molecular weight excluding hydrogens is 268 g/mol. The first kappa shape index (κ1) is 15.6. The van der Waals surface area contributed by atoms with Crippen molar-refractivity contribution >= 4 is 23.3 Å². The van der Waals surface area contributed by atoms with Crippen LogP contribution in [0.5, 0.6) is 5.75 Å². The standard InChI is InChI=1S/C13H19ClN2O3/c1-9(6-7-18-2)15-13(17)16-12-5-4-10(19-3)8-11(12)14/h4-5,8-9H,6-7H2,1-3H3,(H2,15,16,17)/t9-/m0/s1. The number of hydrogen-bond acceptors (Lipinski definition) is 3. The van der Waals surface area contributed by atoms with E-state index < -0.39 is 0 Å². The molecule has 0 aliphatic carbocycles. The zero-order valence-electron chi connectivity index (χ0n) is 11.3. The molecule has 0 saturated carbocycles. The predicted octanol–water partition coefficient (Wildman–Crippen LogP) is 2.90. The molecule has 1 aromatic carbocycles. The van der Waals surface area contributed by atoms with Crippen LogP contribution < -0.4 is 15.4 Å². The van der Waals surface area contributed by atoms with E-state index in [2.05, 4.69) is 10.6 Å². The van der Waals surface area contributed by atoms with Gasteiger partial charge in [-0.05, 0) is 25.5 Å². The largest absolute Gasteiger partial charge is 0.497 e. The summed E-state index contributed by atoms with van der Waals surface area (Å²) in [5.41, 5.74) is 0.541. The van der Waals surface area contributed by atoms with Gasteiger partial charge in [0, 0.05) is 25.8 Å².